The summed E-state index contributed by atoms with van der Waals surface area (Å²) in [5, 5.41) is 5.98. The maximum absolute atomic E-state index is 10.9. The van der Waals surface area contributed by atoms with Gasteiger partial charge in [0.25, 0.3) is 0 Å². The van der Waals surface area contributed by atoms with E-state index in [0.717, 1.165) is 11.3 Å². The summed E-state index contributed by atoms with van der Waals surface area (Å²) >= 11 is 0. The molecular formula is C13H15N3O3. The molecule has 1 aliphatic heterocycles. The summed E-state index contributed by atoms with van der Waals surface area (Å²) < 4.78 is 10.5. The van der Waals surface area contributed by atoms with E-state index in [2.05, 4.69) is 17.1 Å². The minimum Gasteiger partial charge on any atom is -0.493 e. The van der Waals surface area contributed by atoms with Crippen molar-refractivity contribution in [1.82, 2.24) is 10.2 Å². The Balaban J connectivity index is 1.88. The lowest BCUT2D eigenvalue weighted by Crippen LogP contribution is -2.15. The summed E-state index contributed by atoms with van der Waals surface area (Å²) in [6.07, 6.45) is 0.560. The molecule has 2 aromatic rings. The molecule has 2 heterocycles. The Morgan fingerprint density at radius 3 is 3.16 bits per heavy atom. The lowest BCUT2D eigenvalue weighted by molar-refractivity contribution is 0.337. The number of hydrogen-bond acceptors (Lipinski definition) is 5. The topological polar surface area (TPSA) is 94.1 Å². The first-order valence-corrected chi connectivity index (χ1v) is 6.20. The summed E-state index contributed by atoms with van der Waals surface area (Å²) in [6.45, 7) is 2.81. The van der Waals surface area contributed by atoms with E-state index in [4.69, 9.17) is 14.9 Å². The van der Waals surface area contributed by atoms with E-state index in [-0.39, 0.29) is 5.89 Å². The highest BCUT2D eigenvalue weighted by molar-refractivity contribution is 5.45. The van der Waals surface area contributed by atoms with Crippen LogP contribution in [0.5, 0.6) is 5.75 Å². The number of fused-ring (bicyclic) bond motifs is 1. The summed E-state index contributed by atoms with van der Waals surface area (Å²) in [7, 11) is 0. The second kappa shape index (κ2) is 4.55. The summed E-state index contributed by atoms with van der Waals surface area (Å²) in [6, 6.07) is 5.48. The third-order valence-electron chi connectivity index (χ3n) is 3.35. The molecule has 0 spiro atoms. The van der Waals surface area contributed by atoms with Crippen molar-refractivity contribution in [3.63, 3.8) is 0 Å². The van der Waals surface area contributed by atoms with Gasteiger partial charge in [0.05, 0.1) is 12.6 Å². The fourth-order valence-corrected chi connectivity index (χ4v) is 2.47. The number of ether oxygens (including phenoxy) is 1. The molecule has 2 atom stereocenters. The molecular weight excluding hydrogens is 246 g/mol. The Morgan fingerprint density at radius 1 is 1.58 bits per heavy atom. The van der Waals surface area contributed by atoms with Crippen molar-refractivity contribution in [2.75, 3.05) is 6.61 Å². The van der Waals surface area contributed by atoms with Crippen molar-refractivity contribution in [3.8, 4) is 5.75 Å². The number of rotatable bonds is 3. The number of aromatic amines is 1. The van der Waals surface area contributed by atoms with Crippen LogP contribution in [0, 0.1) is 0 Å². The highest BCUT2D eigenvalue weighted by Crippen LogP contribution is 2.37. The van der Waals surface area contributed by atoms with Gasteiger partial charge in [0.15, 0.2) is 0 Å². The predicted octanol–water partition coefficient (Wildman–Crippen LogP) is 1.10. The molecule has 3 N–H and O–H groups in total. The molecule has 1 aromatic carbocycles. The summed E-state index contributed by atoms with van der Waals surface area (Å²) in [4.78, 5) is 10.9. The third-order valence-corrected chi connectivity index (χ3v) is 3.35. The fourth-order valence-electron chi connectivity index (χ4n) is 2.47. The van der Waals surface area contributed by atoms with E-state index in [1.165, 1.54) is 5.56 Å². The molecule has 0 saturated heterocycles. The molecule has 0 saturated carbocycles. The van der Waals surface area contributed by atoms with E-state index in [1.54, 1.807) is 0 Å². The molecule has 0 amide bonds. The molecule has 6 nitrogen and oxygen atoms in total. The summed E-state index contributed by atoms with van der Waals surface area (Å²) in [5.41, 5.74) is 8.33. The van der Waals surface area contributed by atoms with Gasteiger partial charge in [0.2, 0.25) is 5.89 Å². The number of benzene rings is 1. The Kier molecular flexibility index (Phi) is 2.87. The molecule has 0 fully saturated rings. The molecule has 1 aromatic heterocycles. The van der Waals surface area contributed by atoms with Crippen LogP contribution in [-0.2, 0) is 6.42 Å². The van der Waals surface area contributed by atoms with Gasteiger partial charge in [0.1, 0.15) is 5.75 Å². The quantitative estimate of drug-likeness (QED) is 0.862. The third kappa shape index (κ3) is 2.15. The molecule has 3 rings (SSSR count). The van der Waals surface area contributed by atoms with Crippen LogP contribution in [0.1, 0.15) is 35.9 Å². The second-order valence-corrected chi connectivity index (χ2v) is 4.80. The predicted molar refractivity (Wildman–Crippen MR) is 68.1 cm³/mol. The van der Waals surface area contributed by atoms with Gasteiger partial charge in [-0.1, -0.05) is 19.1 Å². The molecule has 100 valence electrons. The lowest BCUT2D eigenvalue weighted by Gasteiger charge is -2.12. The molecule has 1 aliphatic rings. The van der Waals surface area contributed by atoms with E-state index in [0.29, 0.717) is 18.9 Å². The number of nitrogens with one attached hydrogen (secondary N) is 1. The van der Waals surface area contributed by atoms with Crippen LogP contribution < -0.4 is 16.2 Å². The van der Waals surface area contributed by atoms with Crippen LogP contribution in [0.4, 0.5) is 0 Å². The zero-order chi connectivity index (χ0) is 13.4. The maximum atomic E-state index is 10.9. The molecule has 0 radical (unpaired) electrons. The van der Waals surface area contributed by atoms with Gasteiger partial charge in [0, 0.05) is 11.5 Å². The summed E-state index contributed by atoms with van der Waals surface area (Å²) in [5.74, 6) is 0.917. The normalized spacial score (nSPS) is 18.9. The Hall–Kier alpha value is -2.08. The first-order valence-electron chi connectivity index (χ1n) is 6.20. The maximum Gasteiger partial charge on any atom is 0.434 e. The van der Waals surface area contributed by atoms with Gasteiger partial charge >= 0.3 is 5.76 Å². The van der Waals surface area contributed by atoms with Gasteiger partial charge in [-0.15, -0.1) is 5.10 Å². The lowest BCUT2D eigenvalue weighted by atomic mass is 9.93. The average Bonchev–Trinajstić information content (AvgIpc) is 2.97. The number of nitrogens with zero attached hydrogens (tertiary/aromatic N) is 1. The minimum atomic E-state index is -0.583. The fraction of sp³-hybridized carbons (Fsp3) is 0.385. The van der Waals surface area contributed by atoms with Crippen LogP contribution >= 0.6 is 0 Å². The highest BCUT2D eigenvalue weighted by atomic mass is 16.5. The SMILES string of the molecule is CC1COc2cccc(C[C@H](N)c3n[nH]c(=O)o3)c21. The standard InChI is InChI=1S/C13H15N3O3/c1-7-6-18-10-4-2-3-8(11(7)10)5-9(14)12-15-16-13(17)19-12/h2-4,7,9H,5-6,14H2,1H3,(H,16,17)/t7?,9-/m0/s1. The van der Waals surface area contributed by atoms with E-state index in [9.17, 15) is 4.79 Å². The van der Waals surface area contributed by atoms with Crippen molar-refractivity contribution in [3.05, 3.63) is 45.8 Å². The van der Waals surface area contributed by atoms with Gasteiger partial charge in [-0.2, -0.15) is 0 Å². The molecule has 19 heavy (non-hydrogen) atoms. The van der Waals surface area contributed by atoms with Crippen molar-refractivity contribution < 1.29 is 9.15 Å². The molecule has 0 bridgehead atoms. The number of aromatic nitrogens is 2. The smallest absolute Gasteiger partial charge is 0.434 e. The minimum absolute atomic E-state index is 0.231. The first-order chi connectivity index (χ1) is 9.15. The van der Waals surface area contributed by atoms with Gasteiger partial charge in [-0.25, -0.2) is 9.89 Å². The molecule has 0 aliphatic carbocycles. The van der Waals surface area contributed by atoms with E-state index < -0.39 is 11.8 Å². The number of H-pyrrole nitrogens is 1. The second-order valence-electron chi connectivity index (χ2n) is 4.80. The monoisotopic (exact) mass is 261 g/mol. The van der Waals surface area contributed by atoms with Crippen LogP contribution in [0.15, 0.2) is 27.4 Å². The van der Waals surface area contributed by atoms with Crippen LogP contribution in [0.3, 0.4) is 0 Å². The largest absolute Gasteiger partial charge is 0.493 e. The van der Waals surface area contributed by atoms with Crippen molar-refractivity contribution in [2.45, 2.75) is 25.3 Å². The van der Waals surface area contributed by atoms with Crippen LogP contribution in [0.25, 0.3) is 0 Å². The number of nitrogens with two attached hydrogens (primary N) is 1. The first kappa shape index (κ1) is 12.0. The van der Waals surface area contributed by atoms with E-state index >= 15 is 0 Å². The van der Waals surface area contributed by atoms with Crippen LogP contribution in [0.2, 0.25) is 0 Å². The number of hydrogen-bond donors (Lipinski definition) is 2. The molecule has 6 heteroatoms. The van der Waals surface area contributed by atoms with Crippen LogP contribution in [-0.4, -0.2) is 16.8 Å². The van der Waals surface area contributed by atoms with Crippen molar-refractivity contribution >= 4 is 0 Å². The Morgan fingerprint density at radius 2 is 2.42 bits per heavy atom. The van der Waals surface area contributed by atoms with Gasteiger partial charge < -0.3 is 14.9 Å². The Labute approximate surface area is 109 Å². The van der Waals surface area contributed by atoms with E-state index in [1.807, 2.05) is 18.2 Å². The van der Waals surface area contributed by atoms with Crippen molar-refractivity contribution in [1.29, 1.82) is 0 Å². The van der Waals surface area contributed by atoms with Crippen molar-refractivity contribution in [2.24, 2.45) is 5.73 Å². The Bertz CT molecular complexity index is 647. The average molecular weight is 261 g/mol. The molecule has 1 unspecified atom stereocenters. The van der Waals surface area contributed by atoms with Gasteiger partial charge in [-0.3, -0.25) is 0 Å². The zero-order valence-electron chi connectivity index (χ0n) is 10.6. The highest BCUT2D eigenvalue weighted by Gasteiger charge is 2.25. The zero-order valence-corrected chi connectivity index (χ0v) is 10.6. The van der Waals surface area contributed by atoms with Gasteiger partial charge in [-0.05, 0) is 18.1 Å².